The first-order valence-electron chi connectivity index (χ1n) is 10.1. The van der Waals surface area contributed by atoms with Crippen LogP contribution in [0.2, 0.25) is 0 Å². The average Bonchev–Trinajstić information content (AvgIpc) is 3.35. The van der Waals surface area contributed by atoms with Crippen LogP contribution in [0.1, 0.15) is 44.2 Å². The first kappa shape index (κ1) is 17.6. The Balaban J connectivity index is 1.70. The van der Waals surface area contributed by atoms with E-state index in [0.29, 0.717) is 5.92 Å². The van der Waals surface area contributed by atoms with Gasteiger partial charge in [-0.3, -0.25) is 0 Å². The number of thiophene rings is 1. The van der Waals surface area contributed by atoms with E-state index in [4.69, 9.17) is 9.40 Å². The zero-order chi connectivity index (χ0) is 19.1. The molecule has 5 rings (SSSR count). The predicted octanol–water partition coefficient (Wildman–Crippen LogP) is 5.84. The zero-order valence-electron chi connectivity index (χ0n) is 16.3. The number of pyridine rings is 1. The lowest BCUT2D eigenvalue weighted by Crippen LogP contribution is -2.07. The molecule has 4 aromatic heterocycles. The van der Waals surface area contributed by atoms with E-state index in [2.05, 4.69) is 29.1 Å². The van der Waals surface area contributed by atoms with Crippen LogP contribution in [-0.2, 0) is 12.8 Å². The molecular weight excluding hydrogens is 368 g/mol. The third-order valence-corrected chi connectivity index (χ3v) is 6.57. The van der Waals surface area contributed by atoms with E-state index in [-0.39, 0.29) is 0 Å². The molecular formula is C22H24N4OS. The second-order valence-electron chi connectivity index (χ2n) is 7.89. The fourth-order valence-electron chi connectivity index (χ4n) is 4.08. The predicted molar refractivity (Wildman–Crippen MR) is 115 cm³/mol. The highest BCUT2D eigenvalue weighted by Gasteiger charge is 2.24. The largest absolute Gasteiger partial charge is 0.463 e. The Bertz CT molecular complexity index is 1130. The topological polar surface area (TPSA) is 63.8 Å². The zero-order valence-corrected chi connectivity index (χ0v) is 17.1. The first-order valence-corrected chi connectivity index (χ1v) is 10.9. The number of anilines is 1. The van der Waals surface area contributed by atoms with Gasteiger partial charge >= 0.3 is 0 Å². The van der Waals surface area contributed by atoms with Gasteiger partial charge in [-0.15, -0.1) is 11.3 Å². The number of hydrogen-bond acceptors (Lipinski definition) is 6. The van der Waals surface area contributed by atoms with Crippen molar-refractivity contribution < 1.29 is 4.42 Å². The molecule has 0 unspecified atom stereocenters. The molecule has 28 heavy (non-hydrogen) atoms. The van der Waals surface area contributed by atoms with Crippen LogP contribution < -0.4 is 5.32 Å². The van der Waals surface area contributed by atoms with Gasteiger partial charge in [0, 0.05) is 11.9 Å². The molecule has 1 aliphatic rings. The van der Waals surface area contributed by atoms with E-state index < -0.39 is 0 Å². The lowest BCUT2D eigenvalue weighted by molar-refractivity contribution is 0.577. The summed E-state index contributed by atoms with van der Waals surface area (Å²) >= 11 is 1.69. The van der Waals surface area contributed by atoms with E-state index in [0.717, 1.165) is 58.1 Å². The van der Waals surface area contributed by atoms with Crippen molar-refractivity contribution in [2.24, 2.45) is 5.92 Å². The highest BCUT2D eigenvalue weighted by atomic mass is 32.1. The van der Waals surface area contributed by atoms with E-state index in [9.17, 15) is 0 Å². The van der Waals surface area contributed by atoms with Crippen LogP contribution in [0.25, 0.3) is 31.9 Å². The van der Waals surface area contributed by atoms with Crippen LogP contribution in [0.4, 0.5) is 5.82 Å². The molecule has 0 bridgehead atoms. The molecule has 1 aliphatic carbocycles. The Labute approximate surface area is 168 Å². The van der Waals surface area contributed by atoms with Crippen LogP contribution in [0.3, 0.4) is 0 Å². The van der Waals surface area contributed by atoms with Crippen molar-refractivity contribution in [3.63, 3.8) is 0 Å². The van der Waals surface area contributed by atoms with Crippen molar-refractivity contribution in [1.29, 1.82) is 0 Å². The minimum absolute atomic E-state index is 0.664. The molecule has 0 amide bonds. The molecule has 1 N–H and O–H groups in total. The molecule has 4 heterocycles. The normalized spacial score (nSPS) is 14.1. The molecule has 4 aromatic rings. The maximum Gasteiger partial charge on any atom is 0.152 e. The number of furan rings is 1. The molecule has 0 radical (unpaired) electrons. The Kier molecular flexibility index (Phi) is 4.51. The maximum atomic E-state index is 5.71. The van der Waals surface area contributed by atoms with Gasteiger partial charge in [0.1, 0.15) is 22.7 Å². The third-order valence-electron chi connectivity index (χ3n) is 5.49. The highest BCUT2D eigenvalue weighted by Crippen LogP contribution is 2.42. The molecule has 0 saturated heterocycles. The first-order chi connectivity index (χ1) is 13.7. The average molecular weight is 393 g/mol. The van der Waals surface area contributed by atoms with Crippen LogP contribution in [-0.4, -0.2) is 21.5 Å². The van der Waals surface area contributed by atoms with Crippen molar-refractivity contribution >= 4 is 37.6 Å². The molecule has 6 heteroatoms. The molecule has 0 aliphatic heterocycles. The summed E-state index contributed by atoms with van der Waals surface area (Å²) in [6, 6.07) is 3.94. The number of hydrogen-bond donors (Lipinski definition) is 1. The highest BCUT2D eigenvalue weighted by molar-refractivity contribution is 7.26. The minimum Gasteiger partial charge on any atom is -0.463 e. The summed E-state index contributed by atoms with van der Waals surface area (Å²) in [7, 11) is 0. The number of nitrogens with one attached hydrogen (secondary N) is 1. The van der Waals surface area contributed by atoms with Gasteiger partial charge < -0.3 is 9.73 Å². The number of aryl methyl sites for hydroxylation is 1. The molecule has 144 valence electrons. The van der Waals surface area contributed by atoms with Gasteiger partial charge in [-0.1, -0.05) is 13.8 Å². The van der Waals surface area contributed by atoms with Gasteiger partial charge in [-0.2, -0.15) is 0 Å². The van der Waals surface area contributed by atoms with Gasteiger partial charge in [0.25, 0.3) is 0 Å². The van der Waals surface area contributed by atoms with Crippen LogP contribution in [0.5, 0.6) is 0 Å². The molecule has 0 saturated carbocycles. The van der Waals surface area contributed by atoms with Crippen molar-refractivity contribution in [1.82, 2.24) is 15.0 Å². The Morgan fingerprint density at radius 1 is 1.18 bits per heavy atom. The Hall–Kier alpha value is -2.47. The standard InChI is InChI=1S/C22H24N4OS/c1-13(2)9-10-23-21-20-19(24-12-25-21)17-14-6-3-4-7-15(14)18(26-22(17)28-20)16-8-5-11-27-16/h5,8,11-13H,3-4,6-7,9-10H2,1-2H3,(H,23,24,25). The van der Waals surface area contributed by atoms with Gasteiger partial charge in [0.15, 0.2) is 5.76 Å². The Morgan fingerprint density at radius 2 is 2.04 bits per heavy atom. The minimum atomic E-state index is 0.664. The maximum absolute atomic E-state index is 5.71. The van der Waals surface area contributed by atoms with E-state index in [1.165, 1.54) is 29.4 Å². The number of rotatable bonds is 5. The lowest BCUT2D eigenvalue weighted by atomic mass is 9.88. The number of fused-ring (bicyclic) bond motifs is 5. The fourth-order valence-corrected chi connectivity index (χ4v) is 5.21. The van der Waals surface area contributed by atoms with Gasteiger partial charge in [0.2, 0.25) is 0 Å². The monoisotopic (exact) mass is 392 g/mol. The van der Waals surface area contributed by atoms with Gasteiger partial charge in [-0.25, -0.2) is 15.0 Å². The van der Waals surface area contributed by atoms with Crippen LogP contribution in [0, 0.1) is 5.92 Å². The summed E-state index contributed by atoms with van der Waals surface area (Å²) < 4.78 is 6.82. The molecule has 0 atom stereocenters. The van der Waals surface area contributed by atoms with Crippen LogP contribution >= 0.6 is 11.3 Å². The van der Waals surface area contributed by atoms with Crippen molar-refractivity contribution in [3.8, 4) is 11.5 Å². The molecule has 5 nitrogen and oxygen atoms in total. The SMILES string of the molecule is CC(C)CCNc1ncnc2c1sc1nc(-c3ccco3)c3c(c12)CCCC3. The van der Waals surface area contributed by atoms with Crippen molar-refractivity contribution in [2.75, 3.05) is 11.9 Å². The Morgan fingerprint density at radius 3 is 2.82 bits per heavy atom. The van der Waals surface area contributed by atoms with Crippen molar-refractivity contribution in [2.45, 2.75) is 46.0 Å². The second-order valence-corrected chi connectivity index (χ2v) is 8.89. The third kappa shape index (κ3) is 2.96. The summed E-state index contributed by atoms with van der Waals surface area (Å²) in [6.45, 7) is 5.40. The number of aromatic nitrogens is 3. The second kappa shape index (κ2) is 7.17. The summed E-state index contributed by atoms with van der Waals surface area (Å²) in [5, 5.41) is 4.74. The summed E-state index contributed by atoms with van der Waals surface area (Å²) in [5.74, 6) is 2.45. The van der Waals surface area contributed by atoms with E-state index in [1.807, 2.05) is 12.1 Å². The smallest absolute Gasteiger partial charge is 0.152 e. The lowest BCUT2D eigenvalue weighted by Gasteiger charge is -2.19. The summed E-state index contributed by atoms with van der Waals surface area (Å²) in [5.41, 5.74) is 4.78. The molecule has 0 aromatic carbocycles. The molecule has 0 fully saturated rings. The van der Waals surface area contributed by atoms with Crippen molar-refractivity contribution in [3.05, 3.63) is 35.9 Å². The van der Waals surface area contributed by atoms with Gasteiger partial charge in [0.05, 0.1) is 16.5 Å². The van der Waals surface area contributed by atoms with Crippen LogP contribution in [0.15, 0.2) is 29.1 Å². The van der Waals surface area contributed by atoms with E-state index >= 15 is 0 Å². The quantitative estimate of drug-likeness (QED) is 0.462. The van der Waals surface area contributed by atoms with Gasteiger partial charge in [-0.05, 0) is 61.3 Å². The summed E-state index contributed by atoms with van der Waals surface area (Å²) in [6.07, 6.45) is 9.07. The summed E-state index contributed by atoms with van der Waals surface area (Å²) in [4.78, 5) is 15.3. The fraction of sp³-hybridized carbons (Fsp3) is 0.409. The molecule has 0 spiro atoms. The number of nitrogens with zero attached hydrogens (tertiary/aromatic N) is 3. The van der Waals surface area contributed by atoms with E-state index in [1.54, 1.807) is 23.9 Å².